The summed E-state index contributed by atoms with van der Waals surface area (Å²) in [6.45, 7) is 3.92. The number of aromatic nitrogens is 1. The van der Waals surface area contributed by atoms with Gasteiger partial charge in [-0.2, -0.15) is 0 Å². The zero-order chi connectivity index (χ0) is 16.1. The van der Waals surface area contributed by atoms with Crippen LogP contribution in [0.3, 0.4) is 0 Å². The van der Waals surface area contributed by atoms with E-state index in [0.29, 0.717) is 5.82 Å². The molecule has 0 spiro atoms. The Hall–Kier alpha value is -2.43. The monoisotopic (exact) mass is 301 g/mol. The summed E-state index contributed by atoms with van der Waals surface area (Å²) in [4.78, 5) is 16.1. The molecule has 0 aliphatic rings. The zero-order valence-electron chi connectivity index (χ0n) is 13.0. The van der Waals surface area contributed by atoms with E-state index in [-0.39, 0.29) is 11.8 Å². The molecule has 1 heterocycles. The van der Waals surface area contributed by atoms with Gasteiger partial charge < -0.3 is 10.6 Å². The largest absolute Gasteiger partial charge is 0.388 e. The smallest absolute Gasteiger partial charge is 0.232 e. The Kier molecular flexibility index (Phi) is 5.09. The van der Waals surface area contributed by atoms with Gasteiger partial charge in [0.1, 0.15) is 11.6 Å². The maximum absolute atomic E-state index is 12.8. The van der Waals surface area contributed by atoms with Gasteiger partial charge in [0.25, 0.3) is 0 Å². The predicted molar refractivity (Wildman–Crippen MR) is 86.6 cm³/mol. The number of amides is 1. The molecule has 0 saturated heterocycles. The fraction of sp³-hybridized carbons (Fsp3) is 0.294. The van der Waals surface area contributed by atoms with Crippen LogP contribution in [0.4, 0.5) is 15.9 Å². The van der Waals surface area contributed by atoms with Crippen molar-refractivity contribution in [1.29, 1.82) is 0 Å². The number of hydrogen-bond donors (Lipinski definition) is 2. The van der Waals surface area contributed by atoms with Crippen molar-refractivity contribution in [3.63, 3.8) is 0 Å². The molecule has 4 nitrogen and oxygen atoms in total. The number of carbonyl (C=O) groups is 1. The van der Waals surface area contributed by atoms with Crippen molar-refractivity contribution in [1.82, 2.24) is 4.98 Å². The number of anilines is 2. The lowest BCUT2D eigenvalue weighted by Gasteiger charge is -2.15. The molecule has 1 amide bonds. The van der Waals surface area contributed by atoms with Crippen LogP contribution in [0.2, 0.25) is 0 Å². The Labute approximate surface area is 129 Å². The summed E-state index contributed by atoms with van der Waals surface area (Å²) in [7, 11) is 1.88. The van der Waals surface area contributed by atoms with E-state index in [1.165, 1.54) is 17.7 Å². The summed E-state index contributed by atoms with van der Waals surface area (Å²) in [5.74, 6) is -0.566. The second kappa shape index (κ2) is 7.02. The third-order valence-electron chi connectivity index (χ3n) is 3.65. The first kappa shape index (κ1) is 15.9. The third kappa shape index (κ3) is 3.61. The van der Waals surface area contributed by atoms with Crippen molar-refractivity contribution in [3.05, 3.63) is 53.5 Å². The SMILES string of the molecule is CCc1cc(C(C)C(=O)Nc2ccc(F)cn2)ccc1NC. The maximum Gasteiger partial charge on any atom is 0.232 e. The topological polar surface area (TPSA) is 54.0 Å². The molecule has 0 aliphatic carbocycles. The second-order valence-corrected chi connectivity index (χ2v) is 5.09. The predicted octanol–water partition coefficient (Wildman–Crippen LogP) is 3.57. The standard InChI is InChI=1S/C17H20FN3O/c1-4-12-9-13(5-7-15(12)19-3)11(2)17(22)21-16-8-6-14(18)10-20-16/h5-11,19H,4H2,1-3H3,(H,20,21,22). The number of hydrogen-bond acceptors (Lipinski definition) is 3. The van der Waals surface area contributed by atoms with Gasteiger partial charge in [-0.25, -0.2) is 9.37 Å². The minimum absolute atomic E-state index is 0.168. The van der Waals surface area contributed by atoms with Crippen LogP contribution in [0.15, 0.2) is 36.5 Å². The lowest BCUT2D eigenvalue weighted by atomic mass is 9.96. The molecule has 22 heavy (non-hydrogen) atoms. The molecule has 0 bridgehead atoms. The molecule has 1 aromatic carbocycles. The third-order valence-corrected chi connectivity index (χ3v) is 3.65. The van der Waals surface area contributed by atoms with Crippen LogP contribution in [0.5, 0.6) is 0 Å². The first-order valence-corrected chi connectivity index (χ1v) is 7.28. The average Bonchev–Trinajstić information content (AvgIpc) is 2.55. The van der Waals surface area contributed by atoms with Crippen molar-refractivity contribution in [3.8, 4) is 0 Å². The van der Waals surface area contributed by atoms with Crippen LogP contribution in [0.25, 0.3) is 0 Å². The number of rotatable bonds is 5. The van der Waals surface area contributed by atoms with E-state index in [2.05, 4.69) is 22.5 Å². The molecule has 0 saturated carbocycles. The Balaban J connectivity index is 2.14. The van der Waals surface area contributed by atoms with Crippen LogP contribution in [-0.4, -0.2) is 17.9 Å². The van der Waals surface area contributed by atoms with Gasteiger partial charge in [-0.15, -0.1) is 0 Å². The van der Waals surface area contributed by atoms with Crippen LogP contribution in [0.1, 0.15) is 30.9 Å². The van der Waals surface area contributed by atoms with E-state index in [4.69, 9.17) is 0 Å². The minimum Gasteiger partial charge on any atom is -0.388 e. The summed E-state index contributed by atoms with van der Waals surface area (Å²) >= 11 is 0. The number of carbonyl (C=O) groups excluding carboxylic acids is 1. The average molecular weight is 301 g/mol. The maximum atomic E-state index is 12.8. The molecule has 0 aliphatic heterocycles. The lowest BCUT2D eigenvalue weighted by Crippen LogP contribution is -2.19. The molecule has 2 rings (SSSR count). The van der Waals surface area contributed by atoms with Gasteiger partial charge in [0.2, 0.25) is 5.91 Å². The van der Waals surface area contributed by atoms with Crippen LogP contribution < -0.4 is 10.6 Å². The molecule has 0 radical (unpaired) electrons. The lowest BCUT2D eigenvalue weighted by molar-refractivity contribution is -0.117. The number of nitrogens with one attached hydrogen (secondary N) is 2. The van der Waals surface area contributed by atoms with E-state index in [9.17, 15) is 9.18 Å². The number of halogens is 1. The summed E-state index contributed by atoms with van der Waals surface area (Å²) in [5, 5.41) is 5.84. The van der Waals surface area contributed by atoms with Crippen molar-refractivity contribution in [2.45, 2.75) is 26.2 Å². The molecular weight excluding hydrogens is 281 g/mol. The van der Waals surface area contributed by atoms with Gasteiger partial charge in [0, 0.05) is 12.7 Å². The Morgan fingerprint density at radius 2 is 2.09 bits per heavy atom. The quantitative estimate of drug-likeness (QED) is 0.887. The van der Waals surface area contributed by atoms with Crippen molar-refractivity contribution in [2.24, 2.45) is 0 Å². The van der Waals surface area contributed by atoms with Gasteiger partial charge in [-0.1, -0.05) is 19.1 Å². The van der Waals surface area contributed by atoms with E-state index >= 15 is 0 Å². The van der Waals surface area contributed by atoms with Gasteiger partial charge in [-0.05, 0) is 42.7 Å². The Morgan fingerprint density at radius 1 is 1.32 bits per heavy atom. The molecule has 1 atom stereocenters. The van der Waals surface area contributed by atoms with Crippen LogP contribution in [-0.2, 0) is 11.2 Å². The highest BCUT2D eigenvalue weighted by Gasteiger charge is 2.17. The molecule has 2 N–H and O–H groups in total. The summed E-state index contributed by atoms with van der Waals surface area (Å²) in [6, 6.07) is 8.67. The summed E-state index contributed by atoms with van der Waals surface area (Å²) in [5.41, 5.74) is 3.18. The highest BCUT2D eigenvalue weighted by atomic mass is 19.1. The normalized spacial score (nSPS) is 11.8. The minimum atomic E-state index is -0.429. The van der Waals surface area contributed by atoms with E-state index in [1.807, 2.05) is 32.2 Å². The highest BCUT2D eigenvalue weighted by Crippen LogP contribution is 2.24. The molecule has 1 unspecified atom stereocenters. The Morgan fingerprint density at radius 3 is 2.68 bits per heavy atom. The molecule has 2 aromatic rings. The first-order chi connectivity index (χ1) is 10.5. The number of benzene rings is 1. The molecule has 5 heteroatoms. The second-order valence-electron chi connectivity index (χ2n) is 5.09. The van der Waals surface area contributed by atoms with E-state index in [1.54, 1.807) is 0 Å². The summed E-state index contributed by atoms with van der Waals surface area (Å²) < 4.78 is 12.8. The first-order valence-electron chi connectivity index (χ1n) is 7.28. The fourth-order valence-electron chi connectivity index (χ4n) is 2.25. The van der Waals surface area contributed by atoms with Crippen molar-refractivity contribution in [2.75, 3.05) is 17.7 Å². The van der Waals surface area contributed by atoms with Gasteiger partial charge in [0.15, 0.2) is 0 Å². The van der Waals surface area contributed by atoms with Gasteiger partial charge >= 0.3 is 0 Å². The molecule has 0 fully saturated rings. The van der Waals surface area contributed by atoms with Crippen molar-refractivity contribution >= 4 is 17.4 Å². The fourth-order valence-corrected chi connectivity index (χ4v) is 2.25. The number of nitrogens with zero attached hydrogens (tertiary/aromatic N) is 1. The molecule has 1 aromatic heterocycles. The molecular formula is C17H20FN3O. The summed E-state index contributed by atoms with van der Waals surface area (Å²) in [6.07, 6.45) is 1.97. The van der Waals surface area contributed by atoms with Crippen LogP contribution in [0, 0.1) is 5.82 Å². The van der Waals surface area contributed by atoms with E-state index < -0.39 is 5.82 Å². The van der Waals surface area contributed by atoms with E-state index in [0.717, 1.165) is 23.9 Å². The van der Waals surface area contributed by atoms with Gasteiger partial charge in [0.05, 0.1) is 12.1 Å². The highest BCUT2D eigenvalue weighted by molar-refractivity contribution is 5.94. The van der Waals surface area contributed by atoms with Crippen LogP contribution >= 0.6 is 0 Å². The Bertz CT molecular complexity index is 655. The zero-order valence-corrected chi connectivity index (χ0v) is 13.0. The molecule has 116 valence electrons. The number of aryl methyl sites for hydroxylation is 1. The van der Waals surface area contributed by atoms with Gasteiger partial charge in [-0.3, -0.25) is 4.79 Å². The number of pyridine rings is 1. The van der Waals surface area contributed by atoms with Crippen molar-refractivity contribution < 1.29 is 9.18 Å².